The Kier molecular flexibility index (Phi) is 10.4. The Morgan fingerprint density at radius 3 is 2.32 bits per heavy atom. The number of ether oxygens (including phenoxy) is 4. The zero-order valence-electron chi connectivity index (χ0n) is 21.6. The number of hydrogen-bond donors (Lipinski definition) is 1. The molecule has 2 aromatic carbocycles. The highest BCUT2D eigenvalue weighted by molar-refractivity contribution is 5.83. The summed E-state index contributed by atoms with van der Waals surface area (Å²) >= 11 is 0. The van der Waals surface area contributed by atoms with E-state index >= 15 is 0 Å². The van der Waals surface area contributed by atoms with Gasteiger partial charge in [-0.25, -0.2) is 9.59 Å². The molecule has 0 aromatic heterocycles. The lowest BCUT2D eigenvalue weighted by atomic mass is 9.82. The van der Waals surface area contributed by atoms with Crippen LogP contribution in [0.1, 0.15) is 43.7 Å². The van der Waals surface area contributed by atoms with Crippen LogP contribution in [0, 0.1) is 5.92 Å². The van der Waals surface area contributed by atoms with Crippen LogP contribution in [0.25, 0.3) is 0 Å². The van der Waals surface area contributed by atoms with E-state index in [-0.39, 0.29) is 24.7 Å². The maximum Gasteiger partial charge on any atom is 0.432 e. The SMILES string of the molecule is CCOC(=O)NCCOc1ccc(C[C@@H]2CCCC[C@H]2OC(=O)[C@@](OC)(c2ccccc2)C(F)(F)F)cc1. The minimum absolute atomic E-state index is 0.133. The molecule has 0 heterocycles. The minimum Gasteiger partial charge on any atom is -0.492 e. The van der Waals surface area contributed by atoms with Gasteiger partial charge in [0.25, 0.3) is 5.60 Å². The standard InChI is InChI=1S/C28H34F3NO6/c1-3-36-26(34)32-17-18-37-23-15-13-20(14-16-23)19-21-9-7-8-12-24(21)38-25(33)27(35-2,28(29,30)31)22-10-5-4-6-11-22/h4-6,10-11,13-16,21,24H,3,7-9,12,17-19H2,1-2H3,(H,32,34)/t21-,24+,27-/m0/s1. The molecule has 1 amide bonds. The molecule has 0 saturated heterocycles. The largest absolute Gasteiger partial charge is 0.492 e. The monoisotopic (exact) mass is 537 g/mol. The number of carbonyl (C=O) groups excluding carboxylic acids is 2. The van der Waals surface area contributed by atoms with Crippen LogP contribution in [-0.2, 0) is 31.0 Å². The zero-order chi connectivity index (χ0) is 27.6. The minimum atomic E-state index is -5.01. The van der Waals surface area contributed by atoms with Crippen molar-refractivity contribution in [1.29, 1.82) is 0 Å². The van der Waals surface area contributed by atoms with E-state index in [9.17, 15) is 22.8 Å². The number of rotatable bonds is 11. The molecule has 208 valence electrons. The van der Waals surface area contributed by atoms with Crippen LogP contribution in [0.4, 0.5) is 18.0 Å². The fourth-order valence-electron chi connectivity index (χ4n) is 4.70. The van der Waals surface area contributed by atoms with Gasteiger partial charge in [-0.1, -0.05) is 48.9 Å². The maximum absolute atomic E-state index is 14.3. The molecule has 0 aliphatic heterocycles. The van der Waals surface area contributed by atoms with E-state index in [2.05, 4.69) is 5.32 Å². The summed E-state index contributed by atoms with van der Waals surface area (Å²) in [5, 5.41) is 2.57. The Bertz CT molecular complexity index is 1030. The van der Waals surface area contributed by atoms with Gasteiger partial charge in [0.05, 0.1) is 13.2 Å². The molecular formula is C28H34F3NO6. The van der Waals surface area contributed by atoms with Crippen LogP contribution in [0.5, 0.6) is 5.75 Å². The summed E-state index contributed by atoms with van der Waals surface area (Å²) in [6.07, 6.45) is -2.76. The Labute approximate surface area is 220 Å². The van der Waals surface area contributed by atoms with Gasteiger partial charge in [-0.2, -0.15) is 13.2 Å². The second kappa shape index (κ2) is 13.5. The van der Waals surface area contributed by atoms with E-state index in [1.807, 2.05) is 12.1 Å². The van der Waals surface area contributed by atoms with Crippen LogP contribution in [0.3, 0.4) is 0 Å². The van der Waals surface area contributed by atoms with Gasteiger partial charge < -0.3 is 24.3 Å². The molecule has 1 aliphatic carbocycles. The number of benzene rings is 2. The molecule has 0 radical (unpaired) electrons. The second-order valence-electron chi connectivity index (χ2n) is 9.08. The quantitative estimate of drug-likeness (QED) is 0.299. The number of halogens is 3. The van der Waals surface area contributed by atoms with Crippen molar-refractivity contribution in [3.63, 3.8) is 0 Å². The lowest BCUT2D eigenvalue weighted by Gasteiger charge is -2.37. The van der Waals surface area contributed by atoms with Gasteiger partial charge in [-0.15, -0.1) is 0 Å². The smallest absolute Gasteiger partial charge is 0.432 e. The molecule has 10 heteroatoms. The number of nitrogens with one attached hydrogen (secondary N) is 1. The summed E-state index contributed by atoms with van der Waals surface area (Å²) in [4.78, 5) is 24.4. The average molecular weight is 538 g/mol. The van der Waals surface area contributed by atoms with Crippen molar-refractivity contribution >= 4 is 12.1 Å². The Balaban J connectivity index is 1.64. The molecule has 0 spiro atoms. The van der Waals surface area contributed by atoms with Crippen molar-refractivity contribution < 1.29 is 41.7 Å². The molecule has 1 N–H and O–H groups in total. The van der Waals surface area contributed by atoms with Crippen molar-refractivity contribution in [2.75, 3.05) is 26.9 Å². The third-order valence-electron chi connectivity index (χ3n) is 6.61. The molecule has 0 unspecified atom stereocenters. The first-order valence-corrected chi connectivity index (χ1v) is 12.7. The molecule has 1 aliphatic rings. The zero-order valence-corrected chi connectivity index (χ0v) is 21.6. The topological polar surface area (TPSA) is 83.1 Å². The first-order chi connectivity index (χ1) is 18.2. The van der Waals surface area contributed by atoms with Crippen molar-refractivity contribution in [2.45, 2.75) is 56.9 Å². The molecule has 1 fully saturated rings. The average Bonchev–Trinajstić information content (AvgIpc) is 2.89. The van der Waals surface area contributed by atoms with Gasteiger partial charge in [-0.3, -0.25) is 0 Å². The maximum atomic E-state index is 14.3. The highest BCUT2D eigenvalue weighted by Gasteiger charge is 2.64. The van der Waals surface area contributed by atoms with E-state index in [4.69, 9.17) is 18.9 Å². The summed E-state index contributed by atoms with van der Waals surface area (Å²) < 4.78 is 63.7. The van der Waals surface area contributed by atoms with Crippen LogP contribution in [0.15, 0.2) is 54.6 Å². The Morgan fingerprint density at radius 1 is 1.00 bits per heavy atom. The van der Waals surface area contributed by atoms with E-state index < -0.39 is 29.9 Å². The number of alkyl carbamates (subject to hydrolysis) is 1. The normalized spacial score (nSPS) is 19.2. The van der Waals surface area contributed by atoms with E-state index in [1.165, 1.54) is 24.3 Å². The summed E-state index contributed by atoms with van der Waals surface area (Å²) in [7, 11) is 0.872. The van der Waals surface area contributed by atoms with Crippen LogP contribution in [0.2, 0.25) is 0 Å². The summed E-state index contributed by atoms with van der Waals surface area (Å²) in [5.74, 6) is -0.966. The summed E-state index contributed by atoms with van der Waals surface area (Å²) in [6, 6.07) is 14.2. The molecule has 3 rings (SSSR count). The highest BCUT2D eigenvalue weighted by atomic mass is 19.4. The van der Waals surface area contributed by atoms with E-state index in [0.29, 0.717) is 25.1 Å². The van der Waals surface area contributed by atoms with Gasteiger partial charge >= 0.3 is 18.2 Å². The molecule has 2 aromatic rings. The number of carbonyl (C=O) groups is 2. The van der Waals surface area contributed by atoms with Crippen molar-refractivity contribution in [3.8, 4) is 5.75 Å². The second-order valence-corrected chi connectivity index (χ2v) is 9.08. The van der Waals surface area contributed by atoms with Crippen LogP contribution >= 0.6 is 0 Å². The van der Waals surface area contributed by atoms with E-state index in [0.717, 1.165) is 31.9 Å². The highest BCUT2D eigenvalue weighted by Crippen LogP contribution is 2.44. The van der Waals surface area contributed by atoms with Crippen LogP contribution in [-0.4, -0.2) is 51.2 Å². The van der Waals surface area contributed by atoms with Crippen molar-refractivity contribution in [3.05, 3.63) is 65.7 Å². The van der Waals surface area contributed by atoms with Gasteiger partial charge in [0.1, 0.15) is 18.5 Å². The molecule has 3 atom stereocenters. The van der Waals surface area contributed by atoms with Gasteiger partial charge in [0, 0.05) is 12.7 Å². The third-order valence-corrected chi connectivity index (χ3v) is 6.61. The number of hydrogen-bond acceptors (Lipinski definition) is 6. The summed E-state index contributed by atoms with van der Waals surface area (Å²) in [6.45, 7) is 2.56. The van der Waals surface area contributed by atoms with E-state index in [1.54, 1.807) is 25.1 Å². The van der Waals surface area contributed by atoms with Crippen LogP contribution < -0.4 is 10.1 Å². The number of esters is 1. The fraction of sp³-hybridized carbons (Fsp3) is 0.500. The molecular weight excluding hydrogens is 503 g/mol. The lowest BCUT2D eigenvalue weighted by Crippen LogP contribution is -2.53. The van der Waals surface area contributed by atoms with Gasteiger partial charge in [0.15, 0.2) is 0 Å². The first-order valence-electron chi connectivity index (χ1n) is 12.7. The predicted octanol–water partition coefficient (Wildman–Crippen LogP) is 5.56. The number of alkyl halides is 3. The fourth-order valence-corrected chi connectivity index (χ4v) is 4.70. The number of amides is 1. The Hall–Kier alpha value is -3.27. The van der Waals surface area contributed by atoms with Crippen molar-refractivity contribution in [2.24, 2.45) is 5.92 Å². The van der Waals surface area contributed by atoms with Gasteiger partial charge in [0.2, 0.25) is 0 Å². The first kappa shape index (κ1) is 29.3. The van der Waals surface area contributed by atoms with Crippen molar-refractivity contribution in [1.82, 2.24) is 5.32 Å². The number of methoxy groups -OCH3 is 1. The molecule has 0 bridgehead atoms. The molecule has 1 saturated carbocycles. The molecule has 7 nitrogen and oxygen atoms in total. The van der Waals surface area contributed by atoms with Gasteiger partial charge in [-0.05, 0) is 56.2 Å². The third kappa shape index (κ3) is 7.18. The predicted molar refractivity (Wildman–Crippen MR) is 134 cm³/mol. The Morgan fingerprint density at radius 2 is 1.68 bits per heavy atom. The summed E-state index contributed by atoms with van der Waals surface area (Å²) in [5.41, 5.74) is -2.57. The lowest BCUT2D eigenvalue weighted by molar-refractivity contribution is -0.279. The molecule has 38 heavy (non-hydrogen) atoms.